The van der Waals surface area contributed by atoms with Gasteiger partial charge in [0.25, 0.3) is 5.91 Å². The largest absolute Gasteiger partial charge is 0.479 e. The van der Waals surface area contributed by atoms with Crippen molar-refractivity contribution in [2.75, 3.05) is 0 Å². The molecule has 0 aliphatic rings. The van der Waals surface area contributed by atoms with Crippen LogP contribution in [-0.4, -0.2) is 24.1 Å². The number of benzene rings is 2. The van der Waals surface area contributed by atoms with E-state index in [4.69, 9.17) is 26.3 Å². The summed E-state index contributed by atoms with van der Waals surface area (Å²) in [7, 11) is 0. The molecule has 0 radical (unpaired) electrons. The van der Waals surface area contributed by atoms with E-state index in [1.54, 1.807) is 42.5 Å². The predicted octanol–water partition coefficient (Wildman–Crippen LogP) is 3.23. The first-order valence-electron chi connectivity index (χ1n) is 8.29. The highest BCUT2D eigenvalue weighted by Crippen LogP contribution is 2.15. The number of hydrogen-bond acceptors (Lipinski definition) is 5. The molecule has 7 heteroatoms. The van der Waals surface area contributed by atoms with Crippen LogP contribution in [0.4, 0.5) is 0 Å². The SMILES string of the molecule is C[C@H](Oc1ccc(C#N)cc1)C(=O)O[C@H](C)C(=O)NCc1ccccc1Cl. The lowest BCUT2D eigenvalue weighted by Crippen LogP contribution is -2.38. The molecule has 2 rings (SSSR count). The van der Waals surface area contributed by atoms with E-state index in [0.29, 0.717) is 16.3 Å². The van der Waals surface area contributed by atoms with E-state index in [2.05, 4.69) is 5.32 Å². The second-order valence-electron chi connectivity index (χ2n) is 5.78. The maximum Gasteiger partial charge on any atom is 0.347 e. The molecule has 0 aromatic heterocycles. The summed E-state index contributed by atoms with van der Waals surface area (Å²) in [5.74, 6) is -0.678. The number of nitriles is 1. The summed E-state index contributed by atoms with van der Waals surface area (Å²) >= 11 is 6.04. The van der Waals surface area contributed by atoms with Crippen LogP contribution in [0.2, 0.25) is 5.02 Å². The fourth-order valence-electron chi connectivity index (χ4n) is 2.15. The molecule has 0 bridgehead atoms. The Morgan fingerprint density at radius 1 is 1.11 bits per heavy atom. The number of nitrogens with zero attached hydrogens (tertiary/aromatic N) is 1. The molecule has 1 N–H and O–H groups in total. The van der Waals surface area contributed by atoms with E-state index in [-0.39, 0.29) is 6.54 Å². The van der Waals surface area contributed by atoms with Crippen molar-refractivity contribution >= 4 is 23.5 Å². The number of amides is 1. The van der Waals surface area contributed by atoms with Gasteiger partial charge in [0.1, 0.15) is 5.75 Å². The number of carbonyl (C=O) groups is 2. The molecule has 0 aliphatic carbocycles. The summed E-state index contributed by atoms with van der Waals surface area (Å²) in [5, 5.41) is 12.0. The molecule has 1 amide bonds. The highest BCUT2D eigenvalue weighted by molar-refractivity contribution is 6.31. The zero-order valence-electron chi connectivity index (χ0n) is 14.9. The Hall–Kier alpha value is -3.04. The van der Waals surface area contributed by atoms with Crippen molar-refractivity contribution in [3.8, 4) is 11.8 Å². The normalized spacial score (nSPS) is 12.4. The van der Waals surface area contributed by atoms with Crippen LogP contribution in [0.5, 0.6) is 5.75 Å². The Morgan fingerprint density at radius 2 is 1.78 bits per heavy atom. The van der Waals surface area contributed by atoms with E-state index < -0.39 is 24.1 Å². The molecule has 0 unspecified atom stereocenters. The van der Waals surface area contributed by atoms with Crippen LogP contribution in [0.1, 0.15) is 25.0 Å². The highest BCUT2D eigenvalue weighted by atomic mass is 35.5. The molecule has 0 saturated carbocycles. The minimum Gasteiger partial charge on any atom is -0.479 e. The molecule has 2 aromatic rings. The summed E-state index contributed by atoms with van der Waals surface area (Å²) < 4.78 is 10.6. The minimum absolute atomic E-state index is 0.234. The second-order valence-corrected chi connectivity index (χ2v) is 6.19. The van der Waals surface area contributed by atoms with Crippen molar-refractivity contribution in [2.45, 2.75) is 32.6 Å². The average Bonchev–Trinajstić information content (AvgIpc) is 2.67. The smallest absolute Gasteiger partial charge is 0.347 e. The quantitative estimate of drug-likeness (QED) is 0.738. The van der Waals surface area contributed by atoms with Gasteiger partial charge in [0, 0.05) is 11.6 Å². The van der Waals surface area contributed by atoms with Crippen LogP contribution in [0.3, 0.4) is 0 Å². The summed E-state index contributed by atoms with van der Waals surface area (Å²) in [6.45, 7) is 3.24. The number of nitrogens with one attached hydrogen (secondary N) is 1. The van der Waals surface area contributed by atoms with Crippen LogP contribution in [-0.2, 0) is 20.9 Å². The van der Waals surface area contributed by atoms with Crippen molar-refractivity contribution < 1.29 is 19.1 Å². The minimum atomic E-state index is -0.980. The van der Waals surface area contributed by atoms with Gasteiger partial charge in [0.2, 0.25) is 0 Å². The highest BCUT2D eigenvalue weighted by Gasteiger charge is 2.23. The summed E-state index contributed by atoms with van der Waals surface area (Å²) in [5.41, 5.74) is 1.25. The van der Waals surface area contributed by atoms with Crippen LogP contribution >= 0.6 is 11.6 Å². The molecule has 0 spiro atoms. The van der Waals surface area contributed by atoms with Gasteiger partial charge in [-0.2, -0.15) is 5.26 Å². The molecule has 0 heterocycles. The van der Waals surface area contributed by atoms with Crippen LogP contribution in [0, 0.1) is 11.3 Å². The average molecular weight is 387 g/mol. The van der Waals surface area contributed by atoms with Gasteiger partial charge >= 0.3 is 5.97 Å². The van der Waals surface area contributed by atoms with E-state index in [1.807, 2.05) is 12.1 Å². The van der Waals surface area contributed by atoms with E-state index in [9.17, 15) is 9.59 Å². The van der Waals surface area contributed by atoms with Crippen molar-refractivity contribution in [3.63, 3.8) is 0 Å². The number of hydrogen-bond donors (Lipinski definition) is 1. The lowest BCUT2D eigenvalue weighted by Gasteiger charge is -2.18. The fourth-order valence-corrected chi connectivity index (χ4v) is 2.35. The zero-order chi connectivity index (χ0) is 19.8. The van der Waals surface area contributed by atoms with Gasteiger partial charge in [0.05, 0.1) is 11.6 Å². The first-order chi connectivity index (χ1) is 12.9. The third kappa shape index (κ3) is 6.01. The van der Waals surface area contributed by atoms with Crippen LogP contribution in [0.15, 0.2) is 48.5 Å². The first kappa shape index (κ1) is 20.3. The van der Waals surface area contributed by atoms with E-state index in [0.717, 1.165) is 5.56 Å². The Bertz CT molecular complexity index is 846. The molecule has 0 fully saturated rings. The summed E-state index contributed by atoms with van der Waals surface area (Å²) in [4.78, 5) is 24.2. The fraction of sp³-hybridized carbons (Fsp3) is 0.250. The Labute approximate surface area is 162 Å². The van der Waals surface area contributed by atoms with Gasteiger partial charge in [-0.3, -0.25) is 4.79 Å². The third-order valence-corrected chi connectivity index (χ3v) is 4.07. The third-order valence-electron chi connectivity index (χ3n) is 3.70. The topological polar surface area (TPSA) is 88.4 Å². The van der Waals surface area contributed by atoms with Gasteiger partial charge in [-0.15, -0.1) is 0 Å². The van der Waals surface area contributed by atoms with Crippen molar-refractivity contribution in [1.82, 2.24) is 5.32 Å². The molecule has 0 saturated heterocycles. The molecule has 0 aliphatic heterocycles. The number of ether oxygens (including phenoxy) is 2. The monoisotopic (exact) mass is 386 g/mol. The van der Waals surface area contributed by atoms with E-state index in [1.165, 1.54) is 13.8 Å². The van der Waals surface area contributed by atoms with Gasteiger partial charge in [-0.25, -0.2) is 4.79 Å². The van der Waals surface area contributed by atoms with Crippen LogP contribution in [0.25, 0.3) is 0 Å². The lowest BCUT2D eigenvalue weighted by molar-refractivity contribution is -0.160. The first-order valence-corrected chi connectivity index (χ1v) is 8.67. The Morgan fingerprint density at radius 3 is 2.41 bits per heavy atom. The molecular formula is C20H19ClN2O4. The predicted molar refractivity (Wildman–Crippen MR) is 100 cm³/mol. The van der Waals surface area contributed by atoms with Crippen molar-refractivity contribution in [2.24, 2.45) is 0 Å². The number of halogens is 1. The molecule has 6 nitrogen and oxygen atoms in total. The molecular weight excluding hydrogens is 368 g/mol. The van der Waals surface area contributed by atoms with Gasteiger partial charge in [0.15, 0.2) is 12.2 Å². The maximum absolute atomic E-state index is 12.1. The van der Waals surface area contributed by atoms with Crippen molar-refractivity contribution in [1.29, 1.82) is 5.26 Å². The second kappa shape index (κ2) is 9.60. The van der Waals surface area contributed by atoms with E-state index >= 15 is 0 Å². The number of esters is 1. The standard InChI is InChI=1S/C20H19ClN2O4/c1-13(19(24)23-12-16-5-3-4-6-18(16)21)27-20(25)14(2)26-17-9-7-15(11-22)8-10-17/h3-10,13-14H,12H2,1-2H3,(H,23,24)/t13-,14+/m1/s1. The zero-order valence-corrected chi connectivity index (χ0v) is 15.7. The molecule has 2 aromatic carbocycles. The maximum atomic E-state index is 12.1. The molecule has 27 heavy (non-hydrogen) atoms. The summed E-state index contributed by atoms with van der Waals surface area (Å²) in [6.07, 6.45) is -1.89. The van der Waals surface area contributed by atoms with Gasteiger partial charge < -0.3 is 14.8 Å². The summed E-state index contributed by atoms with van der Waals surface area (Å²) in [6, 6.07) is 15.5. The van der Waals surface area contributed by atoms with Crippen molar-refractivity contribution in [3.05, 3.63) is 64.7 Å². The van der Waals surface area contributed by atoms with Gasteiger partial charge in [-0.1, -0.05) is 29.8 Å². The Kier molecular flexibility index (Phi) is 7.21. The molecule has 140 valence electrons. The Balaban J connectivity index is 1.83. The number of rotatable bonds is 7. The van der Waals surface area contributed by atoms with Gasteiger partial charge in [-0.05, 0) is 49.7 Å². The van der Waals surface area contributed by atoms with Crippen LogP contribution < -0.4 is 10.1 Å². The number of carbonyl (C=O) groups excluding carboxylic acids is 2. The lowest BCUT2D eigenvalue weighted by atomic mass is 10.2. The molecule has 2 atom stereocenters.